The third-order valence-electron chi connectivity index (χ3n) is 1.45. The highest BCUT2D eigenvalue weighted by atomic mass is 19.1. The number of benzene rings is 1. The summed E-state index contributed by atoms with van der Waals surface area (Å²) in [5.74, 6) is -0.838. The average molecular weight is 168 g/mol. The first-order valence-corrected chi connectivity index (χ1v) is 3.52. The lowest BCUT2D eigenvalue weighted by molar-refractivity contribution is 0.0844. The molecule has 0 aliphatic carbocycles. The third-order valence-corrected chi connectivity index (χ3v) is 1.45. The Morgan fingerprint density at radius 2 is 2.17 bits per heavy atom. The van der Waals surface area contributed by atoms with E-state index in [0.29, 0.717) is 0 Å². The van der Waals surface area contributed by atoms with Gasteiger partial charge in [-0.2, -0.15) is 0 Å². The molecule has 0 aromatic heterocycles. The molecule has 1 rings (SSSR count). The van der Waals surface area contributed by atoms with E-state index in [1.54, 1.807) is 12.1 Å². The van der Waals surface area contributed by atoms with Crippen LogP contribution in [0.15, 0.2) is 24.3 Å². The normalized spacial score (nSPS) is 9.83. The number of rotatable bonds is 3. The molecule has 3 heteroatoms. The van der Waals surface area contributed by atoms with Gasteiger partial charge in [-0.05, 0) is 12.1 Å². The number of ketones is 1. The summed E-state index contributed by atoms with van der Waals surface area (Å²) in [5.41, 5.74) is 0.0827. The van der Waals surface area contributed by atoms with Gasteiger partial charge in [0.25, 0.3) is 0 Å². The molecule has 0 aliphatic heterocycles. The highest BCUT2D eigenvalue weighted by molar-refractivity contribution is 5.97. The summed E-state index contributed by atoms with van der Waals surface area (Å²) in [5, 5.41) is 0. The second kappa shape index (κ2) is 3.97. The maximum absolute atomic E-state index is 12.9. The second-order valence-electron chi connectivity index (χ2n) is 2.34. The number of methoxy groups -OCH3 is 1. The summed E-state index contributed by atoms with van der Waals surface area (Å²) in [6, 6.07) is 5.85. The predicted octanol–water partition coefficient (Wildman–Crippen LogP) is 1.65. The first-order valence-electron chi connectivity index (χ1n) is 3.52. The van der Waals surface area contributed by atoms with E-state index in [1.807, 2.05) is 0 Å². The zero-order valence-electron chi connectivity index (χ0n) is 6.71. The van der Waals surface area contributed by atoms with E-state index >= 15 is 0 Å². The fourth-order valence-electron chi connectivity index (χ4n) is 0.896. The molecule has 0 radical (unpaired) electrons. The van der Waals surface area contributed by atoms with E-state index < -0.39 is 5.82 Å². The molecule has 0 fully saturated rings. The second-order valence-corrected chi connectivity index (χ2v) is 2.34. The van der Waals surface area contributed by atoms with Crippen molar-refractivity contribution in [2.45, 2.75) is 0 Å². The molecule has 1 aromatic rings. The molecule has 2 nitrogen and oxygen atoms in total. The van der Waals surface area contributed by atoms with Crippen LogP contribution in [0.2, 0.25) is 0 Å². The Hall–Kier alpha value is -1.22. The minimum absolute atomic E-state index is 0.0824. The minimum Gasteiger partial charge on any atom is -0.377 e. The van der Waals surface area contributed by atoms with Gasteiger partial charge in [0.1, 0.15) is 12.4 Å². The van der Waals surface area contributed by atoms with Gasteiger partial charge in [-0.1, -0.05) is 12.1 Å². The van der Waals surface area contributed by atoms with Crippen molar-refractivity contribution in [2.24, 2.45) is 0 Å². The first-order chi connectivity index (χ1) is 5.75. The maximum Gasteiger partial charge on any atom is 0.191 e. The van der Waals surface area contributed by atoms with E-state index in [0.717, 1.165) is 0 Å². The lowest BCUT2D eigenvalue weighted by atomic mass is 10.1. The fourth-order valence-corrected chi connectivity index (χ4v) is 0.896. The highest BCUT2D eigenvalue weighted by Gasteiger charge is 2.09. The van der Waals surface area contributed by atoms with Gasteiger partial charge >= 0.3 is 0 Å². The van der Waals surface area contributed by atoms with E-state index in [9.17, 15) is 9.18 Å². The van der Waals surface area contributed by atoms with Crippen LogP contribution in [-0.4, -0.2) is 19.5 Å². The van der Waals surface area contributed by atoms with Crippen LogP contribution in [0.1, 0.15) is 10.4 Å². The van der Waals surface area contributed by atoms with E-state index in [1.165, 1.54) is 19.2 Å². The van der Waals surface area contributed by atoms with Gasteiger partial charge in [-0.25, -0.2) is 4.39 Å². The fraction of sp³-hybridized carbons (Fsp3) is 0.222. The summed E-state index contributed by atoms with van der Waals surface area (Å²) in [7, 11) is 1.40. The molecule has 0 amide bonds. The van der Waals surface area contributed by atoms with Crippen LogP contribution in [-0.2, 0) is 4.74 Å². The summed E-state index contributed by atoms with van der Waals surface area (Å²) in [6.45, 7) is -0.0824. The van der Waals surface area contributed by atoms with Crippen molar-refractivity contribution in [3.05, 3.63) is 35.6 Å². The predicted molar refractivity (Wildman–Crippen MR) is 42.6 cm³/mol. The summed E-state index contributed by atoms with van der Waals surface area (Å²) >= 11 is 0. The SMILES string of the molecule is COCC(=O)c1ccccc1F. The zero-order valence-corrected chi connectivity index (χ0v) is 6.71. The number of Topliss-reactive ketones (excluding diaryl/α,β-unsaturated/α-hetero) is 1. The van der Waals surface area contributed by atoms with Gasteiger partial charge in [0.2, 0.25) is 0 Å². The minimum atomic E-state index is -0.500. The van der Waals surface area contributed by atoms with Gasteiger partial charge in [0, 0.05) is 7.11 Å². The molecule has 0 saturated carbocycles. The quantitative estimate of drug-likeness (QED) is 0.641. The van der Waals surface area contributed by atoms with Gasteiger partial charge in [-0.3, -0.25) is 4.79 Å². The van der Waals surface area contributed by atoms with Crippen molar-refractivity contribution < 1.29 is 13.9 Å². The number of halogens is 1. The largest absolute Gasteiger partial charge is 0.377 e. The lowest BCUT2D eigenvalue weighted by Gasteiger charge is -1.99. The Kier molecular flexibility index (Phi) is 2.94. The third kappa shape index (κ3) is 1.89. The Morgan fingerprint density at radius 1 is 1.50 bits per heavy atom. The number of hydrogen-bond donors (Lipinski definition) is 0. The molecule has 0 heterocycles. The molecular weight excluding hydrogens is 159 g/mol. The van der Waals surface area contributed by atoms with Crippen molar-refractivity contribution in [3.63, 3.8) is 0 Å². The Morgan fingerprint density at radius 3 is 2.75 bits per heavy atom. The maximum atomic E-state index is 12.9. The molecule has 1 aromatic carbocycles. The van der Waals surface area contributed by atoms with Gasteiger partial charge in [-0.15, -0.1) is 0 Å². The van der Waals surface area contributed by atoms with E-state index in [-0.39, 0.29) is 18.0 Å². The summed E-state index contributed by atoms with van der Waals surface area (Å²) in [6.07, 6.45) is 0. The van der Waals surface area contributed by atoms with Gasteiger partial charge in [0.15, 0.2) is 5.78 Å². The molecule has 0 spiro atoms. The Balaban J connectivity index is 2.87. The highest BCUT2D eigenvalue weighted by Crippen LogP contribution is 2.06. The van der Waals surface area contributed by atoms with Crippen molar-refractivity contribution in [1.29, 1.82) is 0 Å². The average Bonchev–Trinajstić information content (AvgIpc) is 2.05. The number of ether oxygens (including phenoxy) is 1. The molecule has 0 atom stereocenters. The smallest absolute Gasteiger partial charge is 0.191 e. The van der Waals surface area contributed by atoms with Crippen molar-refractivity contribution >= 4 is 5.78 Å². The molecule has 0 saturated heterocycles. The first kappa shape index (κ1) is 8.87. The van der Waals surface area contributed by atoms with E-state index in [4.69, 9.17) is 0 Å². The van der Waals surface area contributed by atoms with Crippen LogP contribution in [0.25, 0.3) is 0 Å². The van der Waals surface area contributed by atoms with Crippen LogP contribution >= 0.6 is 0 Å². The monoisotopic (exact) mass is 168 g/mol. The zero-order chi connectivity index (χ0) is 8.97. The molecular formula is C9H9FO2. The Labute approximate surface area is 70.0 Å². The van der Waals surface area contributed by atoms with Crippen molar-refractivity contribution in [2.75, 3.05) is 13.7 Å². The number of hydrogen-bond acceptors (Lipinski definition) is 2. The van der Waals surface area contributed by atoms with Gasteiger partial charge < -0.3 is 4.74 Å². The molecule has 12 heavy (non-hydrogen) atoms. The molecule has 0 N–H and O–H groups in total. The van der Waals surface area contributed by atoms with Crippen molar-refractivity contribution in [3.8, 4) is 0 Å². The molecule has 0 bridgehead atoms. The van der Waals surface area contributed by atoms with E-state index in [2.05, 4.69) is 4.74 Å². The Bertz CT molecular complexity index is 284. The van der Waals surface area contributed by atoms with Crippen molar-refractivity contribution in [1.82, 2.24) is 0 Å². The summed E-state index contributed by atoms with van der Waals surface area (Å²) < 4.78 is 17.5. The number of carbonyl (C=O) groups is 1. The standard InChI is InChI=1S/C9H9FO2/c1-12-6-9(11)7-4-2-3-5-8(7)10/h2-5H,6H2,1H3. The molecule has 64 valence electrons. The van der Waals surface area contributed by atoms with Crippen LogP contribution in [0.4, 0.5) is 4.39 Å². The molecule has 0 aliphatic rings. The summed E-state index contributed by atoms with van der Waals surface area (Å²) in [4.78, 5) is 11.1. The van der Waals surface area contributed by atoms with Crippen LogP contribution in [0.3, 0.4) is 0 Å². The van der Waals surface area contributed by atoms with Crippen LogP contribution in [0.5, 0.6) is 0 Å². The molecule has 0 unspecified atom stereocenters. The van der Waals surface area contributed by atoms with Crippen LogP contribution in [0, 0.1) is 5.82 Å². The lowest BCUT2D eigenvalue weighted by Crippen LogP contribution is -2.08. The van der Waals surface area contributed by atoms with Gasteiger partial charge in [0.05, 0.1) is 5.56 Å². The topological polar surface area (TPSA) is 26.3 Å². The van der Waals surface area contributed by atoms with Crippen LogP contribution < -0.4 is 0 Å². The number of carbonyl (C=O) groups excluding carboxylic acids is 1.